The summed E-state index contributed by atoms with van der Waals surface area (Å²) >= 11 is 0. The van der Waals surface area contributed by atoms with Gasteiger partial charge in [0.1, 0.15) is 17.6 Å². The SMILES string of the molecule is C#CC(NCCC)c1ccc(CC)o1. The van der Waals surface area contributed by atoms with Gasteiger partial charge in [-0.3, -0.25) is 5.32 Å². The van der Waals surface area contributed by atoms with Crippen molar-refractivity contribution in [2.45, 2.75) is 32.7 Å². The number of nitrogens with one attached hydrogen (secondary N) is 1. The summed E-state index contributed by atoms with van der Waals surface area (Å²) in [6, 6.07) is 3.84. The third-order valence-corrected chi connectivity index (χ3v) is 2.08. The Kier molecular flexibility index (Phi) is 4.28. The van der Waals surface area contributed by atoms with Crippen LogP contribution in [0.5, 0.6) is 0 Å². The predicted octanol–water partition coefficient (Wildman–Crippen LogP) is 2.52. The Morgan fingerprint density at radius 2 is 2.29 bits per heavy atom. The largest absolute Gasteiger partial charge is 0.463 e. The fourth-order valence-electron chi connectivity index (χ4n) is 1.27. The van der Waals surface area contributed by atoms with Gasteiger partial charge in [0, 0.05) is 6.42 Å². The van der Waals surface area contributed by atoms with E-state index in [1.165, 1.54) is 0 Å². The van der Waals surface area contributed by atoms with Crippen LogP contribution >= 0.6 is 0 Å². The third-order valence-electron chi connectivity index (χ3n) is 2.08. The van der Waals surface area contributed by atoms with Gasteiger partial charge < -0.3 is 4.42 Å². The molecule has 0 saturated heterocycles. The molecule has 2 nitrogen and oxygen atoms in total. The van der Waals surface area contributed by atoms with Gasteiger partial charge in [-0.25, -0.2) is 0 Å². The first kappa shape index (κ1) is 10.9. The molecule has 0 bridgehead atoms. The van der Waals surface area contributed by atoms with Crippen molar-refractivity contribution < 1.29 is 4.42 Å². The van der Waals surface area contributed by atoms with Crippen LogP contribution in [0.15, 0.2) is 16.5 Å². The zero-order chi connectivity index (χ0) is 10.4. The summed E-state index contributed by atoms with van der Waals surface area (Å²) in [5, 5.41) is 3.24. The van der Waals surface area contributed by atoms with Gasteiger partial charge in [-0.05, 0) is 25.1 Å². The number of aryl methyl sites for hydroxylation is 1. The van der Waals surface area contributed by atoms with Gasteiger partial charge in [0.25, 0.3) is 0 Å². The summed E-state index contributed by atoms with van der Waals surface area (Å²) in [7, 11) is 0. The van der Waals surface area contributed by atoms with Gasteiger partial charge in [-0.1, -0.05) is 19.8 Å². The molecular weight excluding hydrogens is 174 g/mol. The smallest absolute Gasteiger partial charge is 0.133 e. The maximum Gasteiger partial charge on any atom is 0.133 e. The topological polar surface area (TPSA) is 25.2 Å². The molecule has 0 saturated carbocycles. The number of terminal acetylenes is 1. The molecule has 1 aromatic rings. The lowest BCUT2D eigenvalue weighted by molar-refractivity contribution is 0.432. The van der Waals surface area contributed by atoms with E-state index in [1.54, 1.807) is 0 Å². The standard InChI is InChI=1S/C12H17NO/c1-4-9-13-11(6-3)12-8-7-10(5-2)14-12/h3,7-8,11,13H,4-5,9H2,1-2H3. The first-order chi connectivity index (χ1) is 6.81. The molecule has 2 heteroatoms. The molecule has 0 spiro atoms. The second kappa shape index (κ2) is 5.51. The van der Waals surface area contributed by atoms with Crippen molar-refractivity contribution in [2.24, 2.45) is 0 Å². The lowest BCUT2D eigenvalue weighted by Crippen LogP contribution is -2.20. The molecule has 1 atom stereocenters. The number of hydrogen-bond acceptors (Lipinski definition) is 2. The van der Waals surface area contributed by atoms with Crippen molar-refractivity contribution in [3.63, 3.8) is 0 Å². The molecule has 1 unspecified atom stereocenters. The van der Waals surface area contributed by atoms with E-state index in [9.17, 15) is 0 Å². The van der Waals surface area contributed by atoms with Crippen LogP contribution in [-0.4, -0.2) is 6.54 Å². The van der Waals surface area contributed by atoms with E-state index in [2.05, 4.69) is 25.1 Å². The van der Waals surface area contributed by atoms with Crippen LogP contribution in [0.25, 0.3) is 0 Å². The molecule has 0 aliphatic heterocycles. The molecule has 0 aliphatic rings. The van der Waals surface area contributed by atoms with Crippen LogP contribution in [0.4, 0.5) is 0 Å². The maximum absolute atomic E-state index is 5.58. The van der Waals surface area contributed by atoms with E-state index in [0.29, 0.717) is 0 Å². The van der Waals surface area contributed by atoms with E-state index >= 15 is 0 Å². The Bertz CT molecular complexity index is 308. The third kappa shape index (κ3) is 2.65. The molecule has 0 aliphatic carbocycles. The maximum atomic E-state index is 5.58. The van der Waals surface area contributed by atoms with Crippen LogP contribution in [0.2, 0.25) is 0 Å². The van der Waals surface area contributed by atoms with E-state index < -0.39 is 0 Å². The van der Waals surface area contributed by atoms with Crippen molar-refractivity contribution in [3.05, 3.63) is 23.7 Å². The minimum atomic E-state index is -0.0877. The van der Waals surface area contributed by atoms with Crippen molar-refractivity contribution in [2.75, 3.05) is 6.54 Å². The Labute approximate surface area is 85.7 Å². The quantitative estimate of drug-likeness (QED) is 0.723. The second-order valence-electron chi connectivity index (χ2n) is 3.21. The van der Waals surface area contributed by atoms with E-state index in [-0.39, 0.29) is 6.04 Å². The average molecular weight is 191 g/mol. The first-order valence-electron chi connectivity index (χ1n) is 5.09. The predicted molar refractivity (Wildman–Crippen MR) is 58.0 cm³/mol. The van der Waals surface area contributed by atoms with Crippen LogP contribution in [0.3, 0.4) is 0 Å². The van der Waals surface area contributed by atoms with Gasteiger partial charge in [0.2, 0.25) is 0 Å². The second-order valence-corrected chi connectivity index (χ2v) is 3.21. The number of rotatable bonds is 5. The zero-order valence-corrected chi connectivity index (χ0v) is 8.84. The Hall–Kier alpha value is -1.20. The molecule has 0 amide bonds. The van der Waals surface area contributed by atoms with Crippen molar-refractivity contribution >= 4 is 0 Å². The van der Waals surface area contributed by atoms with Crippen LogP contribution in [0.1, 0.15) is 37.8 Å². The Morgan fingerprint density at radius 3 is 2.79 bits per heavy atom. The average Bonchev–Trinajstić information content (AvgIpc) is 2.68. The molecule has 1 aromatic heterocycles. The highest BCUT2D eigenvalue weighted by Crippen LogP contribution is 2.16. The van der Waals surface area contributed by atoms with Crippen molar-refractivity contribution in [1.29, 1.82) is 0 Å². The summed E-state index contributed by atoms with van der Waals surface area (Å²) in [4.78, 5) is 0. The van der Waals surface area contributed by atoms with Crippen LogP contribution in [0, 0.1) is 12.3 Å². The summed E-state index contributed by atoms with van der Waals surface area (Å²) in [5.41, 5.74) is 0. The molecular formula is C12H17NO. The highest BCUT2D eigenvalue weighted by molar-refractivity contribution is 5.18. The lowest BCUT2D eigenvalue weighted by atomic mass is 10.2. The summed E-state index contributed by atoms with van der Waals surface area (Å²) in [5.74, 6) is 4.52. The van der Waals surface area contributed by atoms with Crippen LogP contribution in [-0.2, 0) is 6.42 Å². The summed E-state index contributed by atoms with van der Waals surface area (Å²) in [6.45, 7) is 5.09. The fourth-order valence-corrected chi connectivity index (χ4v) is 1.27. The Morgan fingerprint density at radius 1 is 1.50 bits per heavy atom. The van der Waals surface area contributed by atoms with Gasteiger partial charge >= 0.3 is 0 Å². The monoisotopic (exact) mass is 191 g/mol. The minimum Gasteiger partial charge on any atom is -0.463 e. The van der Waals surface area contributed by atoms with Crippen molar-refractivity contribution in [1.82, 2.24) is 5.32 Å². The van der Waals surface area contributed by atoms with E-state index in [0.717, 1.165) is 30.9 Å². The lowest BCUT2D eigenvalue weighted by Gasteiger charge is -2.08. The molecule has 0 fully saturated rings. The van der Waals surface area contributed by atoms with Gasteiger partial charge in [0.15, 0.2) is 0 Å². The minimum absolute atomic E-state index is 0.0877. The number of hydrogen-bond donors (Lipinski definition) is 1. The van der Waals surface area contributed by atoms with Gasteiger partial charge in [-0.2, -0.15) is 0 Å². The normalized spacial score (nSPS) is 12.4. The Balaban J connectivity index is 2.65. The fraction of sp³-hybridized carbons (Fsp3) is 0.500. The molecule has 1 rings (SSSR count). The number of furan rings is 1. The molecule has 1 N–H and O–H groups in total. The highest BCUT2D eigenvalue weighted by Gasteiger charge is 2.10. The molecule has 1 heterocycles. The summed E-state index contributed by atoms with van der Waals surface area (Å²) in [6.07, 6.45) is 7.40. The van der Waals surface area contributed by atoms with Gasteiger partial charge in [0.05, 0.1) is 0 Å². The molecule has 0 aromatic carbocycles. The highest BCUT2D eigenvalue weighted by atomic mass is 16.3. The first-order valence-corrected chi connectivity index (χ1v) is 5.09. The van der Waals surface area contributed by atoms with Crippen molar-refractivity contribution in [3.8, 4) is 12.3 Å². The van der Waals surface area contributed by atoms with Gasteiger partial charge in [-0.15, -0.1) is 6.42 Å². The van der Waals surface area contributed by atoms with E-state index in [1.807, 2.05) is 12.1 Å². The summed E-state index contributed by atoms with van der Waals surface area (Å²) < 4.78 is 5.58. The van der Waals surface area contributed by atoms with E-state index in [4.69, 9.17) is 10.8 Å². The molecule has 0 radical (unpaired) electrons. The molecule has 14 heavy (non-hydrogen) atoms. The molecule has 76 valence electrons. The van der Waals surface area contributed by atoms with Crippen LogP contribution < -0.4 is 5.32 Å². The zero-order valence-electron chi connectivity index (χ0n) is 8.84.